The summed E-state index contributed by atoms with van der Waals surface area (Å²) < 4.78 is 10.4. The van der Waals surface area contributed by atoms with Gasteiger partial charge in [-0.15, -0.1) is 0 Å². The van der Waals surface area contributed by atoms with Crippen molar-refractivity contribution in [3.05, 3.63) is 30.7 Å². The summed E-state index contributed by atoms with van der Waals surface area (Å²) in [4.78, 5) is 7.89. The third-order valence-corrected chi connectivity index (χ3v) is 2.40. The van der Waals surface area contributed by atoms with Crippen LogP contribution in [0.3, 0.4) is 0 Å². The summed E-state index contributed by atoms with van der Waals surface area (Å²) in [5, 5.41) is 3.09. The molecule has 1 aromatic carbocycles. The van der Waals surface area contributed by atoms with Gasteiger partial charge in [-0.05, 0) is 12.1 Å². The molecule has 1 aromatic heterocycles. The van der Waals surface area contributed by atoms with Crippen LogP contribution in [-0.2, 0) is 0 Å². The number of aromatic nitrogens is 2. The summed E-state index contributed by atoms with van der Waals surface area (Å²) in [5.74, 6) is 1.91. The molecular weight excluding hydrogens is 232 g/mol. The number of nitrogens with zero attached hydrogens (tertiary/aromatic N) is 2. The third-order valence-electron chi connectivity index (χ3n) is 2.40. The lowest BCUT2D eigenvalue weighted by molar-refractivity contribution is 0.405. The highest BCUT2D eigenvalue weighted by Gasteiger charge is 2.07. The molecule has 0 amide bonds. The van der Waals surface area contributed by atoms with Gasteiger partial charge in [0.2, 0.25) is 0 Å². The van der Waals surface area contributed by atoms with Gasteiger partial charge >= 0.3 is 0 Å². The Morgan fingerprint density at radius 3 is 2.72 bits per heavy atom. The van der Waals surface area contributed by atoms with Crippen molar-refractivity contribution in [2.75, 3.05) is 25.3 Å². The Morgan fingerprint density at radius 1 is 1.22 bits per heavy atom. The van der Waals surface area contributed by atoms with Crippen LogP contribution in [0.1, 0.15) is 0 Å². The fourth-order valence-corrected chi connectivity index (χ4v) is 1.48. The largest absolute Gasteiger partial charge is 0.497 e. The van der Waals surface area contributed by atoms with Gasteiger partial charge < -0.3 is 20.5 Å². The van der Waals surface area contributed by atoms with Gasteiger partial charge in [-0.1, -0.05) is 0 Å². The van der Waals surface area contributed by atoms with Gasteiger partial charge in [0.15, 0.2) is 5.82 Å². The number of hydrogen-bond acceptors (Lipinski definition) is 6. The third kappa shape index (κ3) is 2.42. The molecular formula is C12H14N4O2. The maximum Gasteiger partial charge on any atom is 0.157 e. The van der Waals surface area contributed by atoms with E-state index in [1.807, 2.05) is 6.07 Å². The lowest BCUT2D eigenvalue weighted by Crippen LogP contribution is -2.01. The SMILES string of the molecule is COc1ccc(OC)c(Nc2ncncc2N)c1. The topological polar surface area (TPSA) is 82.3 Å². The zero-order valence-corrected chi connectivity index (χ0v) is 10.2. The van der Waals surface area contributed by atoms with Gasteiger partial charge in [-0.3, -0.25) is 0 Å². The molecule has 1 heterocycles. The van der Waals surface area contributed by atoms with E-state index < -0.39 is 0 Å². The Morgan fingerprint density at radius 2 is 2.06 bits per heavy atom. The zero-order valence-electron chi connectivity index (χ0n) is 10.2. The van der Waals surface area contributed by atoms with Crippen molar-refractivity contribution in [2.45, 2.75) is 0 Å². The minimum atomic E-state index is 0.461. The number of methoxy groups -OCH3 is 2. The summed E-state index contributed by atoms with van der Waals surface area (Å²) in [6, 6.07) is 5.42. The standard InChI is InChI=1S/C12H14N4O2/c1-17-8-3-4-11(18-2)10(5-8)16-12-9(13)6-14-7-15-12/h3-7H,13H2,1-2H3,(H,14,15,16). The molecule has 6 heteroatoms. The van der Waals surface area contributed by atoms with Crippen LogP contribution < -0.4 is 20.5 Å². The first-order valence-corrected chi connectivity index (χ1v) is 5.29. The van der Waals surface area contributed by atoms with E-state index in [1.54, 1.807) is 26.4 Å². The van der Waals surface area contributed by atoms with Crippen LogP contribution >= 0.6 is 0 Å². The highest BCUT2D eigenvalue weighted by Crippen LogP contribution is 2.31. The van der Waals surface area contributed by atoms with Crippen LogP contribution in [-0.4, -0.2) is 24.2 Å². The molecule has 0 atom stereocenters. The van der Waals surface area contributed by atoms with Crippen molar-refractivity contribution in [3.63, 3.8) is 0 Å². The Labute approximate surface area is 105 Å². The molecule has 2 aromatic rings. The van der Waals surface area contributed by atoms with Crippen LogP contribution in [0.25, 0.3) is 0 Å². The molecule has 0 aliphatic carbocycles. The Balaban J connectivity index is 2.35. The first-order valence-electron chi connectivity index (χ1n) is 5.29. The minimum absolute atomic E-state index is 0.461. The molecule has 0 aliphatic heterocycles. The Bertz CT molecular complexity index is 545. The van der Waals surface area contributed by atoms with Crippen molar-refractivity contribution < 1.29 is 9.47 Å². The number of nitrogens with two attached hydrogens (primary N) is 1. The van der Waals surface area contributed by atoms with E-state index in [4.69, 9.17) is 15.2 Å². The zero-order chi connectivity index (χ0) is 13.0. The van der Waals surface area contributed by atoms with Crippen molar-refractivity contribution in [1.82, 2.24) is 9.97 Å². The molecule has 0 saturated carbocycles. The smallest absolute Gasteiger partial charge is 0.157 e. The summed E-state index contributed by atoms with van der Waals surface area (Å²) >= 11 is 0. The molecule has 0 bridgehead atoms. The molecule has 18 heavy (non-hydrogen) atoms. The van der Waals surface area contributed by atoms with E-state index in [-0.39, 0.29) is 0 Å². The van der Waals surface area contributed by atoms with Gasteiger partial charge in [-0.25, -0.2) is 9.97 Å². The second-order valence-corrected chi connectivity index (χ2v) is 3.52. The lowest BCUT2D eigenvalue weighted by atomic mass is 10.2. The predicted molar refractivity (Wildman–Crippen MR) is 69.3 cm³/mol. The van der Waals surface area contributed by atoms with Crippen molar-refractivity contribution in [3.8, 4) is 11.5 Å². The molecule has 0 fully saturated rings. The average molecular weight is 246 g/mol. The molecule has 0 radical (unpaired) electrons. The maximum absolute atomic E-state index is 5.77. The van der Waals surface area contributed by atoms with Gasteiger partial charge in [-0.2, -0.15) is 0 Å². The number of nitrogen functional groups attached to an aromatic ring is 1. The number of benzene rings is 1. The van der Waals surface area contributed by atoms with Gasteiger partial charge in [0.25, 0.3) is 0 Å². The van der Waals surface area contributed by atoms with Gasteiger partial charge in [0.1, 0.15) is 17.8 Å². The normalized spacial score (nSPS) is 9.89. The fraction of sp³-hybridized carbons (Fsp3) is 0.167. The maximum atomic E-state index is 5.77. The van der Waals surface area contributed by atoms with E-state index >= 15 is 0 Å². The van der Waals surface area contributed by atoms with Gasteiger partial charge in [0, 0.05) is 6.07 Å². The highest BCUT2D eigenvalue weighted by molar-refractivity contribution is 5.72. The number of ether oxygens (including phenoxy) is 2. The molecule has 94 valence electrons. The molecule has 0 unspecified atom stereocenters. The lowest BCUT2D eigenvalue weighted by Gasteiger charge is -2.12. The van der Waals surface area contributed by atoms with Crippen LogP contribution in [0.15, 0.2) is 30.7 Å². The fourth-order valence-electron chi connectivity index (χ4n) is 1.48. The quantitative estimate of drug-likeness (QED) is 0.856. The molecule has 0 spiro atoms. The second-order valence-electron chi connectivity index (χ2n) is 3.52. The van der Waals surface area contributed by atoms with E-state index in [0.29, 0.717) is 23.0 Å². The van der Waals surface area contributed by atoms with E-state index in [9.17, 15) is 0 Å². The molecule has 2 rings (SSSR count). The first kappa shape index (κ1) is 12.0. The Kier molecular flexibility index (Phi) is 3.47. The second kappa shape index (κ2) is 5.22. The van der Waals surface area contributed by atoms with Gasteiger partial charge in [0.05, 0.1) is 31.8 Å². The van der Waals surface area contributed by atoms with Crippen LogP contribution in [0, 0.1) is 0 Å². The molecule has 3 N–H and O–H groups in total. The predicted octanol–water partition coefficient (Wildman–Crippen LogP) is 1.82. The van der Waals surface area contributed by atoms with Crippen molar-refractivity contribution >= 4 is 17.2 Å². The average Bonchev–Trinajstić information content (AvgIpc) is 2.41. The van der Waals surface area contributed by atoms with Crippen molar-refractivity contribution in [2.24, 2.45) is 0 Å². The summed E-state index contributed by atoms with van der Waals surface area (Å²) in [5.41, 5.74) is 6.96. The van der Waals surface area contributed by atoms with Crippen LogP contribution in [0.2, 0.25) is 0 Å². The number of anilines is 3. The number of hydrogen-bond donors (Lipinski definition) is 2. The molecule has 0 aliphatic rings. The number of rotatable bonds is 4. The van der Waals surface area contributed by atoms with E-state index in [1.165, 1.54) is 12.5 Å². The number of nitrogens with one attached hydrogen (secondary N) is 1. The molecule has 0 saturated heterocycles. The highest BCUT2D eigenvalue weighted by atomic mass is 16.5. The summed E-state index contributed by atoms with van der Waals surface area (Å²) in [6.45, 7) is 0. The summed E-state index contributed by atoms with van der Waals surface area (Å²) in [7, 11) is 3.20. The first-order chi connectivity index (χ1) is 8.74. The summed E-state index contributed by atoms with van der Waals surface area (Å²) in [6.07, 6.45) is 2.95. The van der Waals surface area contributed by atoms with Crippen LogP contribution in [0.4, 0.5) is 17.2 Å². The van der Waals surface area contributed by atoms with E-state index in [0.717, 1.165) is 5.69 Å². The van der Waals surface area contributed by atoms with E-state index in [2.05, 4.69) is 15.3 Å². The van der Waals surface area contributed by atoms with Crippen LogP contribution in [0.5, 0.6) is 11.5 Å². The molecule has 6 nitrogen and oxygen atoms in total. The monoisotopic (exact) mass is 246 g/mol. The Hall–Kier alpha value is -2.50. The van der Waals surface area contributed by atoms with Crippen molar-refractivity contribution in [1.29, 1.82) is 0 Å². The minimum Gasteiger partial charge on any atom is -0.497 e.